The molecule has 1 aliphatic rings. The first-order chi connectivity index (χ1) is 12.0. The summed E-state index contributed by atoms with van der Waals surface area (Å²) >= 11 is 5.54. The molecule has 1 aromatic carbocycles. The highest BCUT2D eigenvalue weighted by Crippen LogP contribution is 2.20. The summed E-state index contributed by atoms with van der Waals surface area (Å²) in [4.78, 5) is 16.6. The normalized spacial score (nSPS) is 15.0. The molecule has 0 unspecified atom stereocenters. The van der Waals surface area contributed by atoms with Gasteiger partial charge >= 0.3 is 0 Å². The molecule has 3 rings (SSSR count). The first kappa shape index (κ1) is 20.6. The molecular formula is C16H18ClF2IN6. The SMILES string of the molecule is I.NC(=NCc1cc(F)c(Cl)cc1F)N1CCN(c2ncccn2)CC1. The van der Waals surface area contributed by atoms with Crippen LogP contribution >= 0.6 is 35.6 Å². The zero-order chi connectivity index (χ0) is 17.8. The number of nitrogens with zero attached hydrogens (tertiary/aromatic N) is 5. The van der Waals surface area contributed by atoms with Crippen LogP contribution in [0.5, 0.6) is 0 Å². The Morgan fingerprint density at radius 2 is 1.77 bits per heavy atom. The highest BCUT2D eigenvalue weighted by molar-refractivity contribution is 14.0. The third kappa shape index (κ3) is 4.91. The van der Waals surface area contributed by atoms with Crippen LogP contribution in [0.2, 0.25) is 5.02 Å². The van der Waals surface area contributed by atoms with E-state index in [1.807, 2.05) is 4.90 Å². The van der Waals surface area contributed by atoms with Gasteiger partial charge in [0.15, 0.2) is 5.96 Å². The fraction of sp³-hybridized carbons (Fsp3) is 0.312. The third-order valence-corrected chi connectivity index (χ3v) is 4.23. The summed E-state index contributed by atoms with van der Waals surface area (Å²) in [5.41, 5.74) is 6.09. The van der Waals surface area contributed by atoms with Crippen LogP contribution in [-0.4, -0.2) is 47.0 Å². The molecule has 0 atom stereocenters. The van der Waals surface area contributed by atoms with E-state index in [0.29, 0.717) is 38.1 Å². The molecule has 2 N–H and O–H groups in total. The Bertz CT molecular complexity index is 769. The van der Waals surface area contributed by atoms with E-state index in [4.69, 9.17) is 17.3 Å². The summed E-state index contributed by atoms with van der Waals surface area (Å²) in [5.74, 6) is -0.308. The van der Waals surface area contributed by atoms with Gasteiger partial charge in [-0.15, -0.1) is 24.0 Å². The van der Waals surface area contributed by atoms with Gasteiger partial charge in [0.05, 0.1) is 11.6 Å². The second kappa shape index (κ2) is 9.26. The molecule has 1 aromatic heterocycles. The maximum absolute atomic E-state index is 13.8. The number of halogens is 4. The maximum atomic E-state index is 13.8. The fourth-order valence-electron chi connectivity index (χ4n) is 2.54. The number of aliphatic imine (C=N–C) groups is 1. The van der Waals surface area contributed by atoms with Crippen molar-refractivity contribution >= 4 is 47.5 Å². The molecule has 2 aromatic rings. The number of rotatable bonds is 3. The van der Waals surface area contributed by atoms with Crippen molar-refractivity contribution < 1.29 is 8.78 Å². The van der Waals surface area contributed by atoms with Gasteiger partial charge in [-0.25, -0.2) is 23.7 Å². The number of anilines is 1. The monoisotopic (exact) mass is 494 g/mol. The molecule has 0 saturated carbocycles. The molecule has 1 fully saturated rings. The lowest BCUT2D eigenvalue weighted by atomic mass is 10.2. The zero-order valence-corrected chi connectivity index (χ0v) is 16.9. The Morgan fingerprint density at radius 1 is 1.12 bits per heavy atom. The van der Waals surface area contributed by atoms with Crippen molar-refractivity contribution in [1.82, 2.24) is 14.9 Å². The molecule has 26 heavy (non-hydrogen) atoms. The second-order valence-corrected chi connectivity index (χ2v) is 5.96. The standard InChI is InChI=1S/C16H17ClF2N6.HI/c17-12-9-13(18)11(8-14(12)19)10-23-15(20)24-4-6-25(7-5-24)16-21-2-1-3-22-16;/h1-3,8-9H,4-7,10H2,(H2,20,23);1H. The molecule has 0 bridgehead atoms. The van der Waals surface area contributed by atoms with Gasteiger partial charge in [-0.3, -0.25) is 0 Å². The summed E-state index contributed by atoms with van der Waals surface area (Å²) in [5, 5.41) is -0.252. The predicted molar refractivity (Wildman–Crippen MR) is 108 cm³/mol. The third-order valence-electron chi connectivity index (χ3n) is 3.94. The van der Waals surface area contributed by atoms with Crippen LogP contribution < -0.4 is 10.6 Å². The lowest BCUT2D eigenvalue weighted by molar-refractivity contribution is 0.378. The molecule has 10 heteroatoms. The minimum absolute atomic E-state index is 0. The van der Waals surface area contributed by atoms with Gasteiger partial charge in [0, 0.05) is 44.1 Å². The van der Waals surface area contributed by atoms with E-state index in [1.54, 1.807) is 18.5 Å². The van der Waals surface area contributed by atoms with Crippen LogP contribution in [0.15, 0.2) is 35.6 Å². The lowest BCUT2D eigenvalue weighted by Gasteiger charge is -2.35. The van der Waals surface area contributed by atoms with Crippen molar-refractivity contribution in [1.29, 1.82) is 0 Å². The van der Waals surface area contributed by atoms with Crippen LogP contribution in [0, 0.1) is 11.6 Å². The van der Waals surface area contributed by atoms with Crippen LogP contribution in [0.3, 0.4) is 0 Å². The van der Waals surface area contributed by atoms with E-state index in [0.717, 1.165) is 12.1 Å². The Morgan fingerprint density at radius 3 is 2.42 bits per heavy atom. The summed E-state index contributed by atoms with van der Waals surface area (Å²) < 4.78 is 27.2. The highest BCUT2D eigenvalue weighted by atomic mass is 127. The molecule has 1 aliphatic heterocycles. The number of aromatic nitrogens is 2. The molecule has 0 amide bonds. The van der Waals surface area contributed by atoms with Gasteiger partial charge in [-0.05, 0) is 18.2 Å². The van der Waals surface area contributed by atoms with Crippen molar-refractivity contribution in [3.05, 3.63) is 52.8 Å². The molecule has 1 saturated heterocycles. The summed E-state index contributed by atoms with van der Waals surface area (Å²) in [6.07, 6.45) is 3.40. The van der Waals surface area contributed by atoms with Crippen molar-refractivity contribution in [2.75, 3.05) is 31.1 Å². The minimum atomic E-state index is -0.677. The van der Waals surface area contributed by atoms with Gasteiger partial charge in [-0.2, -0.15) is 0 Å². The van der Waals surface area contributed by atoms with Gasteiger partial charge in [0.1, 0.15) is 11.6 Å². The van der Waals surface area contributed by atoms with Gasteiger partial charge in [-0.1, -0.05) is 11.6 Å². The number of guanidine groups is 1. The molecule has 0 aliphatic carbocycles. The van der Waals surface area contributed by atoms with Crippen LogP contribution in [-0.2, 0) is 6.54 Å². The van der Waals surface area contributed by atoms with E-state index in [-0.39, 0.29) is 41.1 Å². The maximum Gasteiger partial charge on any atom is 0.225 e. The zero-order valence-electron chi connectivity index (χ0n) is 13.8. The molecular weight excluding hydrogens is 477 g/mol. The second-order valence-electron chi connectivity index (χ2n) is 5.56. The van der Waals surface area contributed by atoms with Gasteiger partial charge < -0.3 is 15.5 Å². The highest BCUT2D eigenvalue weighted by Gasteiger charge is 2.20. The Hall–Kier alpha value is -1.75. The van der Waals surface area contributed by atoms with E-state index >= 15 is 0 Å². The number of hydrogen-bond donors (Lipinski definition) is 1. The van der Waals surface area contributed by atoms with E-state index < -0.39 is 11.6 Å². The Balaban J connectivity index is 0.00000243. The predicted octanol–water partition coefficient (Wildman–Crippen LogP) is 2.66. The topological polar surface area (TPSA) is 70.6 Å². The fourth-order valence-corrected chi connectivity index (χ4v) is 2.69. The molecule has 6 nitrogen and oxygen atoms in total. The van der Waals surface area contributed by atoms with Crippen molar-refractivity contribution in [2.24, 2.45) is 10.7 Å². The summed E-state index contributed by atoms with van der Waals surface area (Å²) in [6.45, 7) is 2.64. The van der Waals surface area contributed by atoms with E-state index in [1.165, 1.54) is 0 Å². The number of nitrogens with two attached hydrogens (primary N) is 1. The van der Waals surface area contributed by atoms with Crippen LogP contribution in [0.4, 0.5) is 14.7 Å². The average molecular weight is 495 g/mol. The molecule has 2 heterocycles. The Labute approximate surface area is 172 Å². The molecule has 140 valence electrons. The smallest absolute Gasteiger partial charge is 0.225 e. The van der Waals surface area contributed by atoms with Crippen molar-refractivity contribution in [3.8, 4) is 0 Å². The summed E-state index contributed by atoms with van der Waals surface area (Å²) in [6, 6.07) is 3.75. The average Bonchev–Trinajstić information content (AvgIpc) is 2.64. The van der Waals surface area contributed by atoms with Gasteiger partial charge in [0.25, 0.3) is 0 Å². The van der Waals surface area contributed by atoms with E-state index in [2.05, 4.69) is 19.9 Å². The van der Waals surface area contributed by atoms with E-state index in [9.17, 15) is 8.78 Å². The lowest BCUT2D eigenvalue weighted by Crippen LogP contribution is -2.51. The summed E-state index contributed by atoms with van der Waals surface area (Å²) in [7, 11) is 0. The largest absolute Gasteiger partial charge is 0.370 e. The molecule has 0 spiro atoms. The van der Waals surface area contributed by atoms with Crippen LogP contribution in [0.1, 0.15) is 5.56 Å². The quantitative estimate of drug-likeness (QED) is 0.308. The van der Waals surface area contributed by atoms with Gasteiger partial charge in [0.2, 0.25) is 5.95 Å². The Kier molecular flexibility index (Phi) is 7.33. The van der Waals surface area contributed by atoms with Crippen LogP contribution in [0.25, 0.3) is 0 Å². The van der Waals surface area contributed by atoms with Crippen molar-refractivity contribution in [2.45, 2.75) is 6.54 Å². The first-order valence-corrected chi connectivity index (χ1v) is 8.12. The molecule has 0 radical (unpaired) electrons. The minimum Gasteiger partial charge on any atom is -0.370 e. The number of piperazine rings is 1. The van der Waals surface area contributed by atoms with Crippen molar-refractivity contribution in [3.63, 3.8) is 0 Å². The number of hydrogen-bond acceptors (Lipinski definition) is 4. The number of benzene rings is 1. The first-order valence-electron chi connectivity index (χ1n) is 7.75.